The van der Waals surface area contributed by atoms with Crippen molar-refractivity contribution < 1.29 is 19.7 Å². The second-order valence-electron chi connectivity index (χ2n) is 3.48. The summed E-state index contributed by atoms with van der Waals surface area (Å²) in [6.07, 6.45) is 1.70. The summed E-state index contributed by atoms with van der Waals surface area (Å²) in [7, 11) is 0. The van der Waals surface area contributed by atoms with Crippen LogP contribution in [0.2, 0.25) is 0 Å². The van der Waals surface area contributed by atoms with Crippen LogP contribution < -0.4 is 5.32 Å². The molecular formula is C9H17NO4. The number of rotatable bonds is 4. The number of hydrogen-bond acceptors (Lipinski definition) is 4. The Morgan fingerprint density at radius 3 is 2.71 bits per heavy atom. The maximum Gasteiger partial charge on any atom is 0.225 e. The van der Waals surface area contributed by atoms with Gasteiger partial charge in [-0.25, -0.2) is 0 Å². The van der Waals surface area contributed by atoms with Crippen LogP contribution in [0.5, 0.6) is 0 Å². The smallest absolute Gasteiger partial charge is 0.225 e. The fraction of sp³-hybridized carbons (Fsp3) is 0.889. The van der Waals surface area contributed by atoms with E-state index in [1.54, 1.807) is 0 Å². The number of carbonyl (C=O) groups excluding carboxylic acids is 1. The number of nitrogens with one attached hydrogen (secondary N) is 1. The van der Waals surface area contributed by atoms with Gasteiger partial charge in [-0.1, -0.05) is 0 Å². The summed E-state index contributed by atoms with van der Waals surface area (Å²) in [5.41, 5.74) is 0. The molecule has 0 aliphatic carbocycles. The summed E-state index contributed by atoms with van der Waals surface area (Å²) in [6.45, 7) is 0.675. The molecule has 5 heteroatoms. The lowest BCUT2D eigenvalue weighted by molar-refractivity contribution is -0.130. The molecule has 82 valence electrons. The topological polar surface area (TPSA) is 78.8 Å². The molecule has 3 N–H and O–H groups in total. The maximum absolute atomic E-state index is 11.5. The first kappa shape index (κ1) is 11.4. The molecule has 1 fully saturated rings. The van der Waals surface area contributed by atoms with E-state index in [0.29, 0.717) is 13.2 Å². The summed E-state index contributed by atoms with van der Waals surface area (Å²) in [5, 5.41) is 20.1. The van der Waals surface area contributed by atoms with E-state index < -0.39 is 6.04 Å². The van der Waals surface area contributed by atoms with Gasteiger partial charge in [0.15, 0.2) is 0 Å². The molecule has 1 amide bonds. The van der Waals surface area contributed by atoms with Crippen molar-refractivity contribution in [2.75, 3.05) is 26.4 Å². The summed E-state index contributed by atoms with van der Waals surface area (Å²) >= 11 is 0. The highest BCUT2D eigenvalue weighted by Crippen LogP contribution is 2.13. The molecular weight excluding hydrogens is 186 g/mol. The van der Waals surface area contributed by atoms with Crippen molar-refractivity contribution >= 4 is 5.91 Å². The van der Waals surface area contributed by atoms with Gasteiger partial charge in [-0.2, -0.15) is 0 Å². The Morgan fingerprint density at radius 2 is 2.21 bits per heavy atom. The van der Waals surface area contributed by atoms with Crippen molar-refractivity contribution in [2.45, 2.75) is 18.9 Å². The van der Waals surface area contributed by atoms with Crippen LogP contribution in [0.4, 0.5) is 0 Å². The Kier molecular flexibility index (Phi) is 4.86. The van der Waals surface area contributed by atoms with Gasteiger partial charge in [0, 0.05) is 6.61 Å². The molecule has 0 spiro atoms. The second-order valence-corrected chi connectivity index (χ2v) is 3.48. The lowest BCUT2D eigenvalue weighted by Gasteiger charge is -2.23. The number of carbonyl (C=O) groups is 1. The van der Waals surface area contributed by atoms with Crippen LogP contribution in [-0.4, -0.2) is 48.6 Å². The predicted octanol–water partition coefficient (Wildman–Crippen LogP) is -1.12. The van der Waals surface area contributed by atoms with Crippen LogP contribution in [0.1, 0.15) is 12.8 Å². The van der Waals surface area contributed by atoms with Crippen LogP contribution >= 0.6 is 0 Å². The van der Waals surface area contributed by atoms with Crippen LogP contribution in [-0.2, 0) is 9.53 Å². The molecule has 0 aromatic rings. The van der Waals surface area contributed by atoms with E-state index in [0.717, 1.165) is 12.8 Å². The van der Waals surface area contributed by atoms with E-state index in [9.17, 15) is 4.79 Å². The fourth-order valence-corrected chi connectivity index (χ4v) is 1.42. The van der Waals surface area contributed by atoms with Crippen molar-refractivity contribution in [3.8, 4) is 0 Å². The minimum absolute atomic E-state index is 0.135. The Labute approximate surface area is 83.1 Å². The number of hydrogen-bond donors (Lipinski definition) is 3. The quantitative estimate of drug-likeness (QED) is 0.541. The highest BCUT2D eigenvalue weighted by Gasteiger charge is 2.23. The van der Waals surface area contributed by atoms with Gasteiger partial charge in [0.25, 0.3) is 0 Å². The molecule has 0 saturated carbocycles. The van der Waals surface area contributed by atoms with E-state index in [4.69, 9.17) is 14.9 Å². The first-order valence-electron chi connectivity index (χ1n) is 4.87. The molecule has 0 aromatic heterocycles. The second kappa shape index (κ2) is 5.95. The Morgan fingerprint density at radius 1 is 1.50 bits per heavy atom. The van der Waals surface area contributed by atoms with Gasteiger partial charge < -0.3 is 20.3 Å². The van der Waals surface area contributed by atoms with Gasteiger partial charge in [-0.3, -0.25) is 4.79 Å². The van der Waals surface area contributed by atoms with Crippen molar-refractivity contribution in [1.29, 1.82) is 0 Å². The molecule has 14 heavy (non-hydrogen) atoms. The average molecular weight is 203 g/mol. The summed E-state index contributed by atoms with van der Waals surface area (Å²) in [5.74, 6) is -0.276. The average Bonchev–Trinajstić information content (AvgIpc) is 2.26. The molecule has 1 aliphatic rings. The Hall–Kier alpha value is -0.650. The molecule has 5 nitrogen and oxygen atoms in total. The van der Waals surface area contributed by atoms with Crippen LogP contribution in [0.25, 0.3) is 0 Å². The monoisotopic (exact) mass is 203 g/mol. The third kappa shape index (κ3) is 3.25. The molecule has 1 atom stereocenters. The van der Waals surface area contributed by atoms with E-state index in [1.807, 2.05) is 0 Å². The highest BCUT2D eigenvalue weighted by atomic mass is 16.5. The number of ether oxygens (including phenoxy) is 1. The van der Waals surface area contributed by atoms with Gasteiger partial charge in [0.2, 0.25) is 5.91 Å². The Bertz CT molecular complexity index is 176. The minimum Gasteiger partial charge on any atom is -0.394 e. The van der Waals surface area contributed by atoms with Crippen LogP contribution in [0.3, 0.4) is 0 Å². The summed E-state index contributed by atoms with van der Waals surface area (Å²) in [4.78, 5) is 11.5. The van der Waals surface area contributed by atoms with Crippen molar-refractivity contribution in [3.05, 3.63) is 0 Å². The highest BCUT2D eigenvalue weighted by molar-refractivity contribution is 5.79. The van der Waals surface area contributed by atoms with Gasteiger partial charge in [-0.15, -0.1) is 0 Å². The standard InChI is InChI=1S/C9H17NO4/c11-4-8(5-12)10-9(13)7-2-1-3-14-6-7/h7-8,11-12H,1-6H2,(H,10,13). The molecule has 1 heterocycles. The first-order chi connectivity index (χ1) is 6.77. The van der Waals surface area contributed by atoms with Gasteiger partial charge >= 0.3 is 0 Å². The summed E-state index contributed by atoms with van der Waals surface area (Å²) < 4.78 is 5.17. The molecule has 1 saturated heterocycles. The molecule has 0 bridgehead atoms. The third-order valence-corrected chi connectivity index (χ3v) is 2.32. The number of aliphatic hydroxyl groups is 2. The zero-order valence-corrected chi connectivity index (χ0v) is 8.11. The third-order valence-electron chi connectivity index (χ3n) is 2.32. The summed E-state index contributed by atoms with van der Waals surface area (Å²) in [6, 6.07) is -0.551. The van der Waals surface area contributed by atoms with Crippen molar-refractivity contribution in [2.24, 2.45) is 5.92 Å². The largest absolute Gasteiger partial charge is 0.394 e. The SMILES string of the molecule is O=C(NC(CO)CO)C1CCCOC1. The first-order valence-corrected chi connectivity index (χ1v) is 4.87. The molecule has 1 aliphatic heterocycles. The van der Waals surface area contributed by atoms with Crippen molar-refractivity contribution in [3.63, 3.8) is 0 Å². The normalized spacial score (nSPS) is 22.4. The molecule has 1 unspecified atom stereocenters. The molecule has 0 radical (unpaired) electrons. The zero-order chi connectivity index (χ0) is 10.4. The fourth-order valence-electron chi connectivity index (χ4n) is 1.42. The molecule has 1 rings (SSSR count). The lowest BCUT2D eigenvalue weighted by Crippen LogP contribution is -2.44. The molecule has 0 aromatic carbocycles. The number of aliphatic hydroxyl groups excluding tert-OH is 2. The Balaban J connectivity index is 2.32. The lowest BCUT2D eigenvalue weighted by atomic mass is 10.0. The number of amides is 1. The maximum atomic E-state index is 11.5. The van der Waals surface area contributed by atoms with E-state index in [2.05, 4.69) is 5.32 Å². The zero-order valence-electron chi connectivity index (χ0n) is 8.11. The predicted molar refractivity (Wildman–Crippen MR) is 49.6 cm³/mol. The van der Waals surface area contributed by atoms with Crippen LogP contribution in [0.15, 0.2) is 0 Å². The van der Waals surface area contributed by atoms with E-state index in [1.165, 1.54) is 0 Å². The van der Waals surface area contributed by atoms with Crippen LogP contribution in [0, 0.1) is 5.92 Å². The van der Waals surface area contributed by atoms with E-state index in [-0.39, 0.29) is 25.0 Å². The van der Waals surface area contributed by atoms with Gasteiger partial charge in [0.05, 0.1) is 31.8 Å². The van der Waals surface area contributed by atoms with Crippen molar-refractivity contribution in [1.82, 2.24) is 5.32 Å². The van der Waals surface area contributed by atoms with E-state index >= 15 is 0 Å². The van der Waals surface area contributed by atoms with Gasteiger partial charge in [0.1, 0.15) is 0 Å². The minimum atomic E-state index is -0.551. The van der Waals surface area contributed by atoms with Gasteiger partial charge in [-0.05, 0) is 12.8 Å².